The van der Waals surface area contributed by atoms with E-state index in [1.807, 2.05) is 36.5 Å². The molecule has 0 rings (SSSR count). The summed E-state index contributed by atoms with van der Waals surface area (Å²) in [5.74, 6) is 0.171. The number of ketones is 1. The van der Waals surface area contributed by atoms with Crippen molar-refractivity contribution < 1.29 is 4.79 Å². The molecule has 0 saturated heterocycles. The van der Waals surface area contributed by atoms with Crippen LogP contribution in [0.3, 0.4) is 0 Å². The molecule has 0 spiro atoms. The molecule has 0 heterocycles. The Morgan fingerprint density at radius 3 is 1.73 bits per heavy atom. The van der Waals surface area contributed by atoms with Crippen LogP contribution in [-0.2, 0) is 4.79 Å². The molecule has 0 amide bonds. The van der Waals surface area contributed by atoms with Gasteiger partial charge in [-0.15, -0.1) is 0 Å². The van der Waals surface area contributed by atoms with Gasteiger partial charge in [-0.25, -0.2) is 0 Å². The first kappa shape index (κ1) is 10.9. The van der Waals surface area contributed by atoms with E-state index in [0.717, 1.165) is 10.3 Å². The van der Waals surface area contributed by atoms with Crippen LogP contribution < -0.4 is 0 Å². The van der Waals surface area contributed by atoms with Crippen LogP contribution in [0.25, 0.3) is 0 Å². The molecule has 60 valence electrons. The highest BCUT2D eigenvalue weighted by Crippen LogP contribution is 2.20. The minimum absolute atomic E-state index is 0.171. The summed E-state index contributed by atoms with van der Waals surface area (Å²) in [6.45, 7) is 5.74. The van der Waals surface area contributed by atoms with Gasteiger partial charge in [0.25, 0.3) is 0 Å². The van der Waals surface area contributed by atoms with E-state index in [0.29, 0.717) is 0 Å². The number of hydrogen-bond donors (Lipinski definition) is 1. The summed E-state index contributed by atoms with van der Waals surface area (Å²) in [6.07, 6.45) is 0. The van der Waals surface area contributed by atoms with Gasteiger partial charge in [-0.05, 0) is 5.47 Å². The Morgan fingerprint density at radius 2 is 1.64 bits per heavy atom. The van der Waals surface area contributed by atoms with Gasteiger partial charge in [-0.3, -0.25) is 4.79 Å². The van der Waals surface area contributed by atoms with Crippen LogP contribution in [0.5, 0.6) is 0 Å². The third-order valence-electron chi connectivity index (χ3n) is 1.56. The Hall–Kier alpha value is -0.110. The summed E-state index contributed by atoms with van der Waals surface area (Å²) < 4.78 is 0. The van der Waals surface area contributed by atoms with Crippen molar-refractivity contribution in [1.82, 2.24) is 0 Å². The molecular weight excluding hydrogens is 154 g/mol. The number of allylic oxidation sites excluding steroid dienone is 1. The van der Waals surface area contributed by atoms with Gasteiger partial charge in [0.2, 0.25) is 0 Å². The van der Waals surface area contributed by atoms with Gasteiger partial charge in [0, 0.05) is 5.41 Å². The van der Waals surface area contributed by atoms with Crippen LogP contribution in [0.1, 0.15) is 20.8 Å². The highest BCUT2D eigenvalue weighted by molar-refractivity contribution is 7.86. The van der Waals surface area contributed by atoms with Gasteiger partial charge < -0.3 is 0 Å². The second-order valence-electron chi connectivity index (χ2n) is 3.79. The molecule has 4 heteroatoms. The molecule has 0 aromatic carbocycles. The first-order valence-electron chi connectivity index (χ1n) is 3.68. The van der Waals surface area contributed by atoms with Crippen molar-refractivity contribution in [3.8, 4) is 0 Å². The zero-order valence-electron chi connectivity index (χ0n) is 7.86. The molecule has 0 N–H and O–H groups in total. The molecule has 0 unspecified atom stereocenters. The molecule has 0 bridgehead atoms. The van der Waals surface area contributed by atoms with Gasteiger partial charge in [-0.1, -0.05) is 25.6 Å². The van der Waals surface area contributed by atoms with Crippen LogP contribution in [0.4, 0.5) is 0 Å². The Morgan fingerprint density at radius 1 is 1.27 bits per heavy atom. The van der Waals surface area contributed by atoms with Crippen LogP contribution >= 0.6 is 12.6 Å². The normalized spacial score (nSPS) is 14.2. The second-order valence-corrected chi connectivity index (χ2v) is 4.46. The zero-order valence-corrected chi connectivity index (χ0v) is 8.75. The molecule has 1 nitrogen and oxygen atoms in total. The number of Topliss-reactive ketones (excluding diaryl/α,β-unsaturated/α-hetero) is 1. The van der Waals surface area contributed by atoms with Gasteiger partial charge in [0.05, 0.1) is 0 Å². The van der Waals surface area contributed by atoms with Crippen LogP contribution in [0, 0.1) is 5.41 Å². The van der Waals surface area contributed by atoms with E-state index in [1.54, 1.807) is 0 Å². The standard InChI is InChI=1S/C7H14B2OS/c1-7(2,3)5(10)4(8)6(9)11/h11H,8-9H2,1-3H3/b6-4+. The Balaban J connectivity index is 4.67. The van der Waals surface area contributed by atoms with Crippen molar-refractivity contribution in [2.75, 3.05) is 0 Å². The quantitative estimate of drug-likeness (QED) is 0.330. The van der Waals surface area contributed by atoms with Crippen molar-refractivity contribution in [2.24, 2.45) is 5.41 Å². The first-order chi connectivity index (χ1) is 4.76. The van der Waals surface area contributed by atoms with Crippen LogP contribution in [0.15, 0.2) is 10.3 Å². The maximum atomic E-state index is 11.5. The van der Waals surface area contributed by atoms with Gasteiger partial charge in [-0.2, -0.15) is 12.6 Å². The molecule has 0 fully saturated rings. The first-order valence-corrected chi connectivity index (χ1v) is 4.12. The average molecular weight is 168 g/mol. The second kappa shape index (κ2) is 3.53. The summed E-state index contributed by atoms with van der Waals surface area (Å²) in [4.78, 5) is 12.3. The van der Waals surface area contributed by atoms with E-state index in [-0.39, 0.29) is 11.2 Å². The summed E-state index contributed by atoms with van der Waals surface area (Å²) in [5, 5.41) is 0. The molecule has 0 aromatic rings. The van der Waals surface area contributed by atoms with E-state index in [4.69, 9.17) is 0 Å². The summed E-state index contributed by atoms with van der Waals surface area (Å²) in [5.41, 5.74) is 0.481. The fourth-order valence-corrected chi connectivity index (χ4v) is 0.828. The molecule has 0 aromatic heterocycles. The third kappa shape index (κ3) is 3.19. The predicted octanol–water partition coefficient (Wildman–Crippen LogP) is -0.0333. The van der Waals surface area contributed by atoms with E-state index in [2.05, 4.69) is 12.6 Å². The summed E-state index contributed by atoms with van der Waals surface area (Å²) in [7, 11) is 3.65. The smallest absolute Gasteiger partial charge is 0.154 e. The number of carbonyl (C=O) groups is 1. The fourth-order valence-electron chi connectivity index (χ4n) is 0.727. The molecule has 0 aliphatic rings. The largest absolute Gasteiger partial charge is 0.295 e. The van der Waals surface area contributed by atoms with Gasteiger partial charge >= 0.3 is 0 Å². The van der Waals surface area contributed by atoms with Crippen molar-refractivity contribution >= 4 is 34.1 Å². The summed E-state index contributed by atoms with van der Waals surface area (Å²) >= 11 is 4.12. The highest BCUT2D eigenvalue weighted by atomic mass is 32.1. The lowest BCUT2D eigenvalue weighted by Crippen LogP contribution is -2.22. The number of thiol groups is 1. The molecular formula is C7H14B2OS. The van der Waals surface area contributed by atoms with Crippen molar-refractivity contribution in [1.29, 1.82) is 0 Å². The lowest BCUT2D eigenvalue weighted by Gasteiger charge is -2.17. The highest BCUT2D eigenvalue weighted by Gasteiger charge is 2.22. The molecule has 0 aliphatic heterocycles. The molecule has 0 radical (unpaired) electrons. The molecule has 11 heavy (non-hydrogen) atoms. The number of carbonyl (C=O) groups excluding carboxylic acids is 1. The van der Waals surface area contributed by atoms with Crippen molar-refractivity contribution in [3.63, 3.8) is 0 Å². The van der Waals surface area contributed by atoms with Crippen molar-refractivity contribution in [2.45, 2.75) is 20.8 Å². The Bertz CT molecular complexity index is 199. The van der Waals surface area contributed by atoms with Gasteiger partial charge in [0.15, 0.2) is 5.78 Å². The van der Waals surface area contributed by atoms with E-state index < -0.39 is 0 Å². The Kier molecular flexibility index (Phi) is 3.49. The maximum absolute atomic E-state index is 11.5. The zero-order chi connectivity index (χ0) is 9.23. The lowest BCUT2D eigenvalue weighted by atomic mass is 9.76. The summed E-state index contributed by atoms with van der Waals surface area (Å²) in [6, 6.07) is 0. The Labute approximate surface area is 75.9 Å². The minimum Gasteiger partial charge on any atom is -0.295 e. The van der Waals surface area contributed by atoms with E-state index in [9.17, 15) is 4.79 Å². The molecule has 0 saturated carbocycles. The SMILES string of the molecule is B/C(S)=C(\B)C(=O)C(C)(C)C. The molecule has 0 atom stereocenters. The van der Waals surface area contributed by atoms with Crippen molar-refractivity contribution in [3.05, 3.63) is 10.3 Å². The fraction of sp³-hybridized carbons (Fsp3) is 0.571. The minimum atomic E-state index is -0.284. The van der Waals surface area contributed by atoms with E-state index >= 15 is 0 Å². The van der Waals surface area contributed by atoms with E-state index in [1.165, 1.54) is 0 Å². The van der Waals surface area contributed by atoms with Crippen LogP contribution in [0.2, 0.25) is 0 Å². The van der Waals surface area contributed by atoms with Gasteiger partial charge in [0.1, 0.15) is 15.7 Å². The predicted molar refractivity (Wildman–Crippen MR) is 57.6 cm³/mol. The third-order valence-corrected chi connectivity index (χ3v) is 1.90. The monoisotopic (exact) mass is 168 g/mol. The maximum Gasteiger partial charge on any atom is 0.154 e. The van der Waals surface area contributed by atoms with Crippen LogP contribution in [-0.4, -0.2) is 21.5 Å². The topological polar surface area (TPSA) is 17.1 Å². The number of rotatable bonds is 1. The number of hydrogen-bond acceptors (Lipinski definition) is 2. The lowest BCUT2D eigenvalue weighted by molar-refractivity contribution is -0.121. The molecule has 0 aliphatic carbocycles. The average Bonchev–Trinajstić information content (AvgIpc) is 1.82.